The molecule has 0 saturated carbocycles. The van der Waals surface area contributed by atoms with Crippen LogP contribution in [0.2, 0.25) is 0 Å². The van der Waals surface area contributed by atoms with Crippen molar-refractivity contribution in [1.29, 1.82) is 0 Å². The molecule has 51 heavy (non-hydrogen) atoms. The zero-order valence-corrected chi connectivity index (χ0v) is 39.9. The van der Waals surface area contributed by atoms with Gasteiger partial charge in [0, 0.05) is 30.8 Å². The number of benzene rings is 3. The van der Waals surface area contributed by atoms with Crippen molar-refractivity contribution in [3.8, 4) is 17.2 Å². The lowest BCUT2D eigenvalue weighted by atomic mass is 10.1. The van der Waals surface area contributed by atoms with E-state index in [2.05, 4.69) is 109 Å². The summed E-state index contributed by atoms with van der Waals surface area (Å²) in [6, 6.07) is 13.4. The van der Waals surface area contributed by atoms with Crippen LogP contribution >= 0.6 is 82.5 Å². The van der Waals surface area contributed by atoms with Crippen LogP contribution in [0.3, 0.4) is 0 Å². The third-order valence-corrected chi connectivity index (χ3v) is 14.6. The van der Waals surface area contributed by atoms with Gasteiger partial charge in [-0.15, -0.1) is 0 Å². The fourth-order valence-electron chi connectivity index (χ4n) is 4.64. The molecular formula is C34H51B3I3N4O4P3. The number of halogens is 3. The first-order valence-electron chi connectivity index (χ1n) is 15.9. The monoisotopic (exact) mass is 1090 g/mol. The van der Waals surface area contributed by atoms with E-state index >= 15 is 0 Å². The van der Waals surface area contributed by atoms with Gasteiger partial charge in [-0.05, 0) is 150 Å². The van der Waals surface area contributed by atoms with Crippen molar-refractivity contribution in [3.63, 3.8) is 0 Å². The molecule has 17 heteroatoms. The molecule has 6 radical (unpaired) electrons. The van der Waals surface area contributed by atoms with Crippen LogP contribution in [-0.2, 0) is 17.9 Å². The van der Waals surface area contributed by atoms with Gasteiger partial charge in [0.25, 0.3) is 0 Å². The van der Waals surface area contributed by atoms with Gasteiger partial charge in [-0.25, -0.2) is 0 Å². The Bertz CT molecular complexity index is 1400. The largest absolute Gasteiger partial charge is 0.508 e. The molecule has 0 saturated heterocycles. The molecule has 0 fully saturated rings. The smallest absolute Gasteiger partial charge is 0.129 e. The van der Waals surface area contributed by atoms with Crippen molar-refractivity contribution in [2.75, 3.05) is 54.4 Å². The maximum absolute atomic E-state index is 10.7. The van der Waals surface area contributed by atoms with Gasteiger partial charge in [0.1, 0.15) is 46.7 Å². The van der Waals surface area contributed by atoms with Crippen LogP contribution in [0.4, 0.5) is 0 Å². The second kappa shape index (κ2) is 27.8. The highest BCUT2D eigenvalue weighted by molar-refractivity contribution is 14.2. The van der Waals surface area contributed by atoms with E-state index in [0.717, 1.165) is 82.8 Å². The molecule has 0 aliphatic rings. The van der Waals surface area contributed by atoms with Crippen molar-refractivity contribution >= 4 is 128 Å². The van der Waals surface area contributed by atoms with Gasteiger partial charge in [-0.2, -0.15) is 0 Å². The number of phenolic OH excluding ortho intramolecular Hbond substituents is 3. The number of phenols is 3. The van der Waals surface area contributed by atoms with Crippen molar-refractivity contribution in [2.24, 2.45) is 5.73 Å². The standard InChI is InChI=1S/C21H28B2I2N2O2P2.C7H7BIOP.C5H14N2.CH2O/c1-14-8-18(30(22)24)10-16(20(14)28)12-27(7-5-6-26(3)4)13-17-11-19(31(23)25)9-15(2)21(17)29;1-5-4-6(11(8)9)2-3-7(5)10;1-7(2)5-3-4-6;1-2/h8-11,28-29H,5-7,12-13H2,1-4H3;2-4,10H,1H3;3-6H2,1-2H3;1H2. The van der Waals surface area contributed by atoms with Crippen molar-refractivity contribution in [2.45, 2.75) is 46.7 Å². The van der Waals surface area contributed by atoms with Crippen molar-refractivity contribution in [3.05, 3.63) is 70.3 Å². The number of nitrogens with two attached hydrogens (primary N) is 1. The Morgan fingerprint density at radius 3 is 1.37 bits per heavy atom. The topological polar surface area (TPSA) is 114 Å². The average Bonchev–Trinajstić information content (AvgIpc) is 3.06. The summed E-state index contributed by atoms with van der Waals surface area (Å²) in [4.78, 5) is 14.6. The molecule has 0 aromatic heterocycles. The molecule has 0 bridgehead atoms. The molecule has 3 aromatic carbocycles. The highest BCUT2D eigenvalue weighted by Gasteiger charge is 2.17. The summed E-state index contributed by atoms with van der Waals surface area (Å²) in [6.45, 7) is 12.6. The number of aromatic hydroxyl groups is 3. The SMILES string of the molecule is C=O.CN(C)CCCN.[B]P(I)c1cc(C)c(O)c(CN(CCCN(C)C)Cc2cc(P([B])I)cc(C)c2O)c1.[B]P(I)c1ccc(O)c(C)c1. The Kier molecular flexibility index (Phi) is 27.9. The molecule has 5 N–H and O–H groups in total. The van der Waals surface area contributed by atoms with E-state index in [1.54, 1.807) is 6.07 Å². The molecule has 3 aromatic rings. The van der Waals surface area contributed by atoms with Crippen LogP contribution in [0, 0.1) is 20.8 Å². The van der Waals surface area contributed by atoms with Gasteiger partial charge in [-0.1, -0.05) is 88.5 Å². The minimum atomic E-state index is -0.773. The van der Waals surface area contributed by atoms with Gasteiger partial charge in [0.2, 0.25) is 0 Å². The van der Waals surface area contributed by atoms with Gasteiger partial charge in [-0.3, -0.25) is 4.90 Å². The van der Waals surface area contributed by atoms with E-state index in [-0.39, 0.29) is 0 Å². The summed E-state index contributed by atoms with van der Waals surface area (Å²) < 4.78 is 0. The number of hydrogen-bond acceptors (Lipinski definition) is 8. The first kappa shape index (κ1) is 51.2. The van der Waals surface area contributed by atoms with Gasteiger partial charge < -0.3 is 35.6 Å². The van der Waals surface area contributed by atoms with E-state index in [1.807, 2.05) is 64.0 Å². The number of aryl methyl sites for hydroxylation is 3. The minimum Gasteiger partial charge on any atom is -0.508 e. The first-order chi connectivity index (χ1) is 23.9. The van der Waals surface area contributed by atoms with E-state index in [1.165, 1.54) is 0 Å². The second-order valence-corrected chi connectivity index (χ2v) is 25.0. The van der Waals surface area contributed by atoms with Crippen LogP contribution < -0.4 is 21.6 Å². The molecule has 276 valence electrons. The number of carbonyl (C=O) groups excluding carboxylic acids is 1. The molecule has 8 nitrogen and oxygen atoms in total. The Hall–Kier alpha value is 0.245. The summed E-state index contributed by atoms with van der Waals surface area (Å²) >= 11 is 6.70. The van der Waals surface area contributed by atoms with E-state index in [9.17, 15) is 15.3 Å². The molecule has 3 atom stereocenters. The lowest BCUT2D eigenvalue weighted by Crippen LogP contribution is -2.27. The minimum absolute atomic E-state index is 0.321. The Labute approximate surface area is 353 Å². The number of carbonyl (C=O) groups is 1. The van der Waals surface area contributed by atoms with Crippen molar-refractivity contribution in [1.82, 2.24) is 14.7 Å². The Morgan fingerprint density at radius 2 is 1.04 bits per heavy atom. The van der Waals surface area contributed by atoms with Gasteiger partial charge >= 0.3 is 0 Å². The molecule has 0 amide bonds. The van der Waals surface area contributed by atoms with Crippen LogP contribution in [0.15, 0.2) is 42.5 Å². The lowest BCUT2D eigenvalue weighted by molar-refractivity contribution is -0.0980. The van der Waals surface area contributed by atoms with E-state index in [4.69, 9.17) is 33.2 Å². The zero-order valence-electron chi connectivity index (χ0n) is 30.8. The van der Waals surface area contributed by atoms with Crippen LogP contribution in [0.25, 0.3) is 0 Å². The van der Waals surface area contributed by atoms with E-state index in [0.29, 0.717) is 30.3 Å². The summed E-state index contributed by atoms with van der Waals surface area (Å²) in [5.41, 5.74) is 7.45. The van der Waals surface area contributed by atoms with Crippen LogP contribution in [-0.4, -0.2) is 114 Å². The predicted octanol–water partition coefficient (Wildman–Crippen LogP) is 6.70. The Balaban J connectivity index is 0.00000102. The van der Waals surface area contributed by atoms with E-state index < -0.39 is 16.3 Å². The quantitative estimate of drug-likeness (QED) is 0.0803. The summed E-state index contributed by atoms with van der Waals surface area (Å²) in [6.07, 6.45) is 2.09. The van der Waals surface area contributed by atoms with Gasteiger partial charge in [0.15, 0.2) is 0 Å². The number of hydrogen-bond donors (Lipinski definition) is 4. The fourth-order valence-corrected chi connectivity index (χ4v) is 8.94. The molecule has 0 spiro atoms. The maximum atomic E-state index is 10.7. The van der Waals surface area contributed by atoms with Gasteiger partial charge in [0.05, 0.1) is 0 Å². The van der Waals surface area contributed by atoms with Crippen molar-refractivity contribution < 1.29 is 20.1 Å². The number of rotatable bonds is 14. The first-order valence-corrected chi connectivity index (χ1v) is 28.5. The normalized spacial score (nSPS) is 12.6. The zero-order chi connectivity index (χ0) is 39.4. The summed E-state index contributed by atoms with van der Waals surface area (Å²) in [5.74, 6) is 0.977. The van der Waals surface area contributed by atoms with Crippen LogP contribution in [0.5, 0.6) is 17.2 Å². The summed E-state index contributed by atoms with van der Waals surface area (Å²) in [7, 11) is 26.3. The Morgan fingerprint density at radius 1 is 0.647 bits per heavy atom. The third kappa shape index (κ3) is 20.7. The second-order valence-electron chi connectivity index (χ2n) is 12.3. The highest BCUT2D eigenvalue weighted by Crippen LogP contribution is 2.41. The molecule has 0 aliphatic heterocycles. The van der Waals surface area contributed by atoms with Crippen LogP contribution in [0.1, 0.15) is 40.7 Å². The fraction of sp³-hybridized carbons (Fsp3) is 0.441. The lowest BCUT2D eigenvalue weighted by Gasteiger charge is -2.26. The average molecular weight is 1090 g/mol. The molecule has 0 aliphatic carbocycles. The third-order valence-electron chi connectivity index (χ3n) is 7.33. The highest BCUT2D eigenvalue weighted by atomic mass is 127. The molecule has 0 heterocycles. The summed E-state index contributed by atoms with van der Waals surface area (Å²) in [5, 5.41) is 33.8. The maximum Gasteiger partial charge on any atom is 0.129 e. The molecule has 3 rings (SSSR count). The molecule has 3 unspecified atom stereocenters. The molecular weight excluding hydrogens is 1030 g/mol. The number of nitrogens with zero attached hydrogens (tertiary/aromatic N) is 3. The predicted molar refractivity (Wildman–Crippen MR) is 254 cm³/mol.